The summed E-state index contributed by atoms with van der Waals surface area (Å²) in [5, 5.41) is 0. The van der Waals surface area contributed by atoms with Crippen LogP contribution in [-0.4, -0.2) is 5.78 Å². The summed E-state index contributed by atoms with van der Waals surface area (Å²) in [6.07, 6.45) is 13.6. The molecule has 0 aliphatic heterocycles. The fraction of sp³-hybridized carbons (Fsp3) is 0.833. The molecular weight excluding hydrogens is 232 g/mol. The highest BCUT2D eigenvalue weighted by atomic mass is 16.1. The summed E-state index contributed by atoms with van der Waals surface area (Å²) < 4.78 is 0. The third kappa shape index (κ3) is 2.10. The molecule has 0 aromatic carbocycles. The number of fused-ring (bicyclic) bond motifs is 5. The molecule has 2 saturated carbocycles. The van der Waals surface area contributed by atoms with Gasteiger partial charge in [0.05, 0.1) is 0 Å². The molecule has 106 valence electrons. The first-order valence-corrected chi connectivity index (χ1v) is 8.50. The van der Waals surface area contributed by atoms with Gasteiger partial charge in [-0.1, -0.05) is 51.7 Å². The minimum atomic E-state index is 0.409. The molecule has 0 heterocycles. The molecule has 3 rings (SSSR count). The molecule has 0 aromatic rings. The van der Waals surface area contributed by atoms with Crippen molar-refractivity contribution in [3.8, 4) is 0 Å². The Morgan fingerprint density at radius 2 is 1.74 bits per heavy atom. The minimum Gasteiger partial charge on any atom is -0.299 e. The van der Waals surface area contributed by atoms with Crippen LogP contribution >= 0.6 is 0 Å². The molecule has 1 heteroatoms. The number of rotatable bonds is 6. The zero-order valence-electron chi connectivity index (χ0n) is 12.5. The maximum absolute atomic E-state index is 12.8. The van der Waals surface area contributed by atoms with Gasteiger partial charge < -0.3 is 0 Å². The summed E-state index contributed by atoms with van der Waals surface area (Å²) in [6.45, 7) is 4.52. The monoisotopic (exact) mass is 260 g/mol. The molecule has 2 fully saturated rings. The number of carbonyl (C=O) groups excluding carboxylic acids is 1. The SMILES string of the molecule is CCCC[C@@H]1[C@@H]2[C@H](C(=O)[C@H]1CCCC)[C@H]1C=C[C@@H]2C1. The summed E-state index contributed by atoms with van der Waals surface area (Å²) in [5.41, 5.74) is 0. The lowest BCUT2D eigenvalue weighted by Crippen LogP contribution is -2.21. The van der Waals surface area contributed by atoms with Crippen molar-refractivity contribution in [1.29, 1.82) is 0 Å². The summed E-state index contributed by atoms with van der Waals surface area (Å²) in [5.74, 6) is 4.26. The van der Waals surface area contributed by atoms with Crippen molar-refractivity contribution in [3.05, 3.63) is 12.2 Å². The predicted molar refractivity (Wildman–Crippen MR) is 78.8 cm³/mol. The Morgan fingerprint density at radius 1 is 1.05 bits per heavy atom. The molecule has 0 amide bonds. The molecule has 6 atom stereocenters. The van der Waals surface area contributed by atoms with E-state index < -0.39 is 0 Å². The first-order valence-electron chi connectivity index (χ1n) is 8.50. The number of allylic oxidation sites excluding steroid dienone is 2. The molecule has 0 saturated heterocycles. The zero-order chi connectivity index (χ0) is 13.4. The lowest BCUT2D eigenvalue weighted by molar-refractivity contribution is -0.125. The Labute approximate surface area is 117 Å². The van der Waals surface area contributed by atoms with Crippen LogP contribution < -0.4 is 0 Å². The van der Waals surface area contributed by atoms with Crippen molar-refractivity contribution < 1.29 is 4.79 Å². The van der Waals surface area contributed by atoms with Crippen LogP contribution in [0.3, 0.4) is 0 Å². The van der Waals surface area contributed by atoms with Gasteiger partial charge in [-0.25, -0.2) is 0 Å². The second kappa shape index (κ2) is 5.42. The first-order chi connectivity index (χ1) is 9.27. The molecule has 0 aromatic heterocycles. The maximum atomic E-state index is 12.8. The second-order valence-corrected chi connectivity index (χ2v) is 7.01. The van der Waals surface area contributed by atoms with E-state index in [4.69, 9.17) is 0 Å². The van der Waals surface area contributed by atoms with Crippen LogP contribution in [0.4, 0.5) is 0 Å². The molecule has 19 heavy (non-hydrogen) atoms. The standard InChI is InChI=1S/C18H28O/c1-3-5-7-14-15(8-6-4-2)18(19)17-13-10-9-12(11-13)16(14)17/h9-10,12-17H,3-8,11H2,1-2H3/t12-,13+,14+,15+,16-,17-/m1/s1. The number of Topliss-reactive ketones (excluding diaryl/α,β-unsaturated/α-hetero) is 1. The van der Waals surface area contributed by atoms with Gasteiger partial charge in [-0.3, -0.25) is 4.79 Å². The van der Waals surface area contributed by atoms with Crippen molar-refractivity contribution in [1.82, 2.24) is 0 Å². The van der Waals surface area contributed by atoms with E-state index in [1.807, 2.05) is 0 Å². The second-order valence-electron chi connectivity index (χ2n) is 7.01. The molecule has 0 unspecified atom stereocenters. The van der Waals surface area contributed by atoms with Crippen molar-refractivity contribution in [2.75, 3.05) is 0 Å². The fourth-order valence-corrected chi connectivity index (χ4v) is 5.19. The third-order valence-electron chi connectivity index (χ3n) is 5.99. The molecule has 0 spiro atoms. The average Bonchev–Trinajstić information content (AvgIpc) is 3.07. The quantitative estimate of drug-likeness (QED) is 0.637. The molecule has 0 radical (unpaired) electrons. The highest BCUT2D eigenvalue weighted by molar-refractivity contribution is 5.87. The van der Waals surface area contributed by atoms with Crippen LogP contribution in [0.15, 0.2) is 12.2 Å². The Balaban J connectivity index is 1.79. The van der Waals surface area contributed by atoms with E-state index >= 15 is 0 Å². The molecule has 2 bridgehead atoms. The van der Waals surface area contributed by atoms with Gasteiger partial charge in [-0.05, 0) is 42.9 Å². The fourth-order valence-electron chi connectivity index (χ4n) is 5.19. The van der Waals surface area contributed by atoms with Crippen LogP contribution in [0, 0.1) is 35.5 Å². The lowest BCUT2D eigenvalue weighted by Gasteiger charge is -2.27. The average molecular weight is 260 g/mol. The van der Waals surface area contributed by atoms with Crippen LogP contribution in [0.25, 0.3) is 0 Å². The van der Waals surface area contributed by atoms with Gasteiger partial charge in [0.2, 0.25) is 0 Å². The largest absolute Gasteiger partial charge is 0.299 e. The molecule has 3 aliphatic carbocycles. The highest BCUT2D eigenvalue weighted by Gasteiger charge is 2.58. The van der Waals surface area contributed by atoms with E-state index in [0.29, 0.717) is 29.5 Å². The number of hydrogen-bond donors (Lipinski definition) is 0. The summed E-state index contributed by atoms with van der Waals surface area (Å²) in [4.78, 5) is 12.8. The number of unbranched alkanes of at least 4 members (excludes halogenated alkanes) is 2. The van der Waals surface area contributed by atoms with E-state index in [-0.39, 0.29) is 0 Å². The Bertz CT molecular complexity index is 370. The smallest absolute Gasteiger partial charge is 0.140 e. The zero-order valence-corrected chi connectivity index (χ0v) is 12.5. The van der Waals surface area contributed by atoms with Gasteiger partial charge in [-0.2, -0.15) is 0 Å². The highest BCUT2D eigenvalue weighted by Crippen LogP contribution is 2.59. The van der Waals surface area contributed by atoms with Crippen molar-refractivity contribution >= 4 is 5.78 Å². The van der Waals surface area contributed by atoms with Crippen molar-refractivity contribution in [3.63, 3.8) is 0 Å². The van der Waals surface area contributed by atoms with Gasteiger partial charge >= 0.3 is 0 Å². The van der Waals surface area contributed by atoms with E-state index in [9.17, 15) is 4.79 Å². The summed E-state index contributed by atoms with van der Waals surface area (Å²) >= 11 is 0. The van der Waals surface area contributed by atoms with Crippen molar-refractivity contribution in [2.45, 2.75) is 58.8 Å². The summed E-state index contributed by atoms with van der Waals surface area (Å²) in [7, 11) is 0. The van der Waals surface area contributed by atoms with Gasteiger partial charge in [0.25, 0.3) is 0 Å². The van der Waals surface area contributed by atoms with Gasteiger partial charge in [0.15, 0.2) is 0 Å². The third-order valence-corrected chi connectivity index (χ3v) is 5.99. The molecule has 0 N–H and O–H groups in total. The van der Waals surface area contributed by atoms with Crippen LogP contribution in [-0.2, 0) is 4.79 Å². The number of hydrogen-bond acceptors (Lipinski definition) is 1. The van der Waals surface area contributed by atoms with E-state index in [2.05, 4.69) is 26.0 Å². The predicted octanol–water partition coefficient (Wildman–Crippen LogP) is 4.62. The molecular formula is C18H28O. The number of ketones is 1. The van der Waals surface area contributed by atoms with E-state index in [1.165, 1.54) is 38.5 Å². The Hall–Kier alpha value is -0.590. The first kappa shape index (κ1) is 13.4. The van der Waals surface area contributed by atoms with E-state index in [0.717, 1.165) is 18.3 Å². The number of carbonyl (C=O) groups is 1. The van der Waals surface area contributed by atoms with Gasteiger partial charge in [0, 0.05) is 11.8 Å². The van der Waals surface area contributed by atoms with Crippen LogP contribution in [0.2, 0.25) is 0 Å². The van der Waals surface area contributed by atoms with Crippen molar-refractivity contribution in [2.24, 2.45) is 35.5 Å². The van der Waals surface area contributed by atoms with Gasteiger partial charge in [-0.15, -0.1) is 0 Å². The molecule has 3 aliphatic rings. The minimum absolute atomic E-state index is 0.409. The Morgan fingerprint density at radius 3 is 2.47 bits per heavy atom. The van der Waals surface area contributed by atoms with Gasteiger partial charge in [0.1, 0.15) is 5.78 Å². The Kier molecular flexibility index (Phi) is 3.82. The molecule has 1 nitrogen and oxygen atoms in total. The summed E-state index contributed by atoms with van der Waals surface area (Å²) in [6, 6.07) is 0. The maximum Gasteiger partial charge on any atom is 0.140 e. The topological polar surface area (TPSA) is 17.1 Å². The van der Waals surface area contributed by atoms with Crippen LogP contribution in [0.5, 0.6) is 0 Å². The lowest BCUT2D eigenvalue weighted by atomic mass is 9.77. The normalized spacial score (nSPS) is 43.2. The van der Waals surface area contributed by atoms with Crippen LogP contribution in [0.1, 0.15) is 58.8 Å². The van der Waals surface area contributed by atoms with E-state index in [1.54, 1.807) is 0 Å².